The molecule has 0 atom stereocenters. The molecule has 1 aliphatic heterocycles. The molecule has 0 radical (unpaired) electrons. The summed E-state index contributed by atoms with van der Waals surface area (Å²) < 4.78 is 4.73. The minimum absolute atomic E-state index is 0.00694. The second kappa shape index (κ2) is 5.44. The minimum atomic E-state index is -0.00694. The van der Waals surface area contributed by atoms with Gasteiger partial charge in [-0.2, -0.15) is 0 Å². The zero-order valence-electron chi connectivity index (χ0n) is 8.27. The number of aliphatic hydroxyl groups is 1. The van der Waals surface area contributed by atoms with Gasteiger partial charge >= 0.3 is 0 Å². The molecule has 1 N–H and O–H groups in total. The van der Waals surface area contributed by atoms with Crippen molar-refractivity contribution in [1.82, 2.24) is 4.90 Å². The average Bonchev–Trinajstić information content (AvgIpc) is 2.80. The van der Waals surface area contributed by atoms with Crippen LogP contribution in [0.5, 0.6) is 0 Å². The van der Waals surface area contributed by atoms with Gasteiger partial charge in [-0.1, -0.05) is 0 Å². The highest BCUT2D eigenvalue weighted by Crippen LogP contribution is 2.04. The number of nitrogens with zero attached hydrogens (tertiary/aromatic N) is 1. The number of carbonyl (C=O) groups is 1. The van der Waals surface area contributed by atoms with Crippen molar-refractivity contribution in [3.8, 4) is 0 Å². The maximum absolute atomic E-state index is 10.5. The number of hydrogen-bond donors (Lipinski definition) is 1. The van der Waals surface area contributed by atoms with Crippen LogP contribution in [0.25, 0.3) is 0 Å². The molecule has 14 heavy (non-hydrogen) atoms. The third kappa shape index (κ3) is 3.22. The highest BCUT2D eigenvalue weighted by atomic mass is 16.4. The van der Waals surface area contributed by atoms with Gasteiger partial charge in [-0.15, -0.1) is 0 Å². The molecular weight excluding hydrogens is 182 g/mol. The molecule has 4 nitrogen and oxygen atoms in total. The SMILES string of the molecule is CN1CCCC1=O.OCc1ccco1. The van der Waals surface area contributed by atoms with E-state index in [2.05, 4.69) is 0 Å². The molecule has 0 aliphatic carbocycles. The molecular formula is C10H15NO3. The van der Waals surface area contributed by atoms with E-state index >= 15 is 0 Å². The summed E-state index contributed by atoms with van der Waals surface area (Å²) in [4.78, 5) is 12.3. The second-order valence-electron chi connectivity index (χ2n) is 3.16. The lowest BCUT2D eigenvalue weighted by molar-refractivity contribution is -0.126. The third-order valence-corrected chi connectivity index (χ3v) is 2.05. The molecule has 1 aromatic rings. The lowest BCUT2D eigenvalue weighted by Gasteiger charge is -2.03. The fourth-order valence-corrected chi connectivity index (χ4v) is 1.19. The van der Waals surface area contributed by atoms with E-state index in [0.29, 0.717) is 11.7 Å². The summed E-state index contributed by atoms with van der Waals surface area (Å²) in [5, 5.41) is 8.33. The predicted octanol–water partition coefficient (Wildman–Crippen LogP) is 1.01. The Morgan fingerprint density at radius 3 is 2.64 bits per heavy atom. The van der Waals surface area contributed by atoms with Crippen LogP contribution in [-0.2, 0) is 11.4 Å². The lowest BCUT2D eigenvalue weighted by Crippen LogP contribution is -2.17. The summed E-state index contributed by atoms with van der Waals surface area (Å²) in [5.74, 6) is 0.903. The van der Waals surface area contributed by atoms with E-state index in [1.807, 2.05) is 7.05 Å². The molecule has 0 spiro atoms. The highest BCUT2D eigenvalue weighted by Gasteiger charge is 2.14. The van der Waals surface area contributed by atoms with Crippen LogP contribution in [0.3, 0.4) is 0 Å². The first-order valence-corrected chi connectivity index (χ1v) is 4.61. The van der Waals surface area contributed by atoms with Crippen LogP contribution < -0.4 is 0 Å². The number of carbonyl (C=O) groups excluding carboxylic acids is 1. The summed E-state index contributed by atoms with van der Waals surface area (Å²) >= 11 is 0. The number of amides is 1. The van der Waals surface area contributed by atoms with Gasteiger partial charge in [0.2, 0.25) is 5.91 Å². The molecule has 4 heteroatoms. The molecule has 0 bridgehead atoms. The predicted molar refractivity (Wildman–Crippen MR) is 51.5 cm³/mol. The zero-order chi connectivity index (χ0) is 10.4. The van der Waals surface area contributed by atoms with E-state index in [4.69, 9.17) is 9.52 Å². The van der Waals surface area contributed by atoms with Gasteiger partial charge in [-0.25, -0.2) is 0 Å². The molecule has 2 rings (SSSR count). The molecule has 1 aromatic heterocycles. The minimum Gasteiger partial charge on any atom is -0.467 e. The normalized spacial score (nSPS) is 15.3. The van der Waals surface area contributed by atoms with Gasteiger partial charge in [0.05, 0.1) is 6.26 Å². The van der Waals surface area contributed by atoms with Crippen molar-refractivity contribution >= 4 is 5.91 Å². The van der Waals surface area contributed by atoms with Crippen molar-refractivity contribution in [2.24, 2.45) is 0 Å². The van der Waals surface area contributed by atoms with Crippen molar-refractivity contribution in [3.05, 3.63) is 24.2 Å². The van der Waals surface area contributed by atoms with Crippen molar-refractivity contribution in [1.29, 1.82) is 0 Å². The van der Waals surface area contributed by atoms with Crippen LogP contribution in [0.4, 0.5) is 0 Å². The molecule has 0 aromatic carbocycles. The Labute approximate surface area is 83.1 Å². The van der Waals surface area contributed by atoms with Crippen LogP contribution >= 0.6 is 0 Å². The number of likely N-dealkylation sites (tertiary alicyclic amines) is 1. The number of furan rings is 1. The number of hydrogen-bond acceptors (Lipinski definition) is 3. The maximum Gasteiger partial charge on any atom is 0.222 e. The fourth-order valence-electron chi connectivity index (χ4n) is 1.19. The Bertz CT molecular complexity index is 269. The van der Waals surface area contributed by atoms with Gasteiger partial charge in [0.15, 0.2) is 0 Å². The smallest absolute Gasteiger partial charge is 0.222 e. The van der Waals surface area contributed by atoms with E-state index in [-0.39, 0.29) is 6.61 Å². The van der Waals surface area contributed by atoms with Crippen molar-refractivity contribution < 1.29 is 14.3 Å². The second-order valence-corrected chi connectivity index (χ2v) is 3.16. The van der Waals surface area contributed by atoms with E-state index in [1.165, 1.54) is 6.26 Å². The van der Waals surface area contributed by atoms with Gasteiger partial charge in [-0.05, 0) is 18.6 Å². The van der Waals surface area contributed by atoms with Crippen LogP contribution in [-0.4, -0.2) is 29.5 Å². The molecule has 0 unspecified atom stereocenters. The Kier molecular flexibility index (Phi) is 4.19. The molecule has 1 aliphatic rings. The van der Waals surface area contributed by atoms with E-state index in [9.17, 15) is 4.79 Å². The van der Waals surface area contributed by atoms with Gasteiger partial charge in [-0.3, -0.25) is 4.79 Å². The Morgan fingerprint density at radius 2 is 2.43 bits per heavy atom. The monoisotopic (exact) mass is 197 g/mol. The summed E-state index contributed by atoms with van der Waals surface area (Å²) in [7, 11) is 1.84. The zero-order valence-corrected chi connectivity index (χ0v) is 8.27. The van der Waals surface area contributed by atoms with Crippen LogP contribution in [0.1, 0.15) is 18.6 Å². The summed E-state index contributed by atoms with van der Waals surface area (Å²) in [6.07, 6.45) is 3.34. The highest BCUT2D eigenvalue weighted by molar-refractivity contribution is 5.77. The molecule has 1 fully saturated rings. The fraction of sp³-hybridized carbons (Fsp3) is 0.500. The van der Waals surface area contributed by atoms with Gasteiger partial charge in [0.1, 0.15) is 12.4 Å². The molecule has 2 heterocycles. The van der Waals surface area contributed by atoms with Gasteiger partial charge in [0.25, 0.3) is 0 Å². The summed E-state index contributed by atoms with van der Waals surface area (Å²) in [6.45, 7) is 0.950. The Hall–Kier alpha value is -1.29. The Balaban J connectivity index is 0.000000140. The van der Waals surface area contributed by atoms with Crippen molar-refractivity contribution in [3.63, 3.8) is 0 Å². The van der Waals surface area contributed by atoms with E-state index < -0.39 is 0 Å². The third-order valence-electron chi connectivity index (χ3n) is 2.05. The topological polar surface area (TPSA) is 53.7 Å². The molecule has 0 saturated carbocycles. The van der Waals surface area contributed by atoms with Gasteiger partial charge in [0, 0.05) is 20.0 Å². The molecule has 1 amide bonds. The van der Waals surface area contributed by atoms with Crippen molar-refractivity contribution in [2.45, 2.75) is 19.4 Å². The van der Waals surface area contributed by atoms with E-state index in [0.717, 1.165) is 19.4 Å². The first kappa shape index (κ1) is 10.8. The number of rotatable bonds is 1. The first-order valence-electron chi connectivity index (χ1n) is 4.61. The van der Waals surface area contributed by atoms with Gasteiger partial charge < -0.3 is 14.4 Å². The average molecular weight is 197 g/mol. The van der Waals surface area contributed by atoms with Crippen molar-refractivity contribution in [2.75, 3.05) is 13.6 Å². The first-order chi connectivity index (χ1) is 6.74. The van der Waals surface area contributed by atoms with Crippen LogP contribution in [0.15, 0.2) is 22.8 Å². The standard InChI is InChI=1S/C5H9NO.C5H6O2/c1-6-4-2-3-5(6)7;6-4-5-2-1-3-7-5/h2-4H2,1H3;1-3,6H,4H2. The summed E-state index contributed by atoms with van der Waals surface area (Å²) in [5.41, 5.74) is 0. The van der Waals surface area contributed by atoms with Crippen LogP contribution in [0, 0.1) is 0 Å². The summed E-state index contributed by atoms with van der Waals surface area (Å²) in [6, 6.07) is 3.46. The molecule has 1 saturated heterocycles. The molecule has 78 valence electrons. The van der Waals surface area contributed by atoms with E-state index in [1.54, 1.807) is 17.0 Å². The van der Waals surface area contributed by atoms with Crippen LogP contribution in [0.2, 0.25) is 0 Å². The largest absolute Gasteiger partial charge is 0.467 e. The quantitative estimate of drug-likeness (QED) is 0.731. The number of aliphatic hydroxyl groups excluding tert-OH is 1. The lowest BCUT2D eigenvalue weighted by atomic mass is 10.4. The maximum atomic E-state index is 10.5. The Morgan fingerprint density at radius 1 is 1.64 bits per heavy atom.